The van der Waals surface area contributed by atoms with E-state index in [4.69, 9.17) is 0 Å². The molecule has 0 fully saturated rings. The minimum absolute atomic E-state index is 1.25. The van der Waals surface area contributed by atoms with Crippen molar-refractivity contribution in [1.82, 2.24) is 4.40 Å². The van der Waals surface area contributed by atoms with E-state index in [1.165, 1.54) is 65.9 Å². The maximum absolute atomic E-state index is 2.44. The van der Waals surface area contributed by atoms with Crippen LogP contribution in [0.3, 0.4) is 0 Å². The fourth-order valence-corrected chi connectivity index (χ4v) is 5.31. The van der Waals surface area contributed by atoms with Crippen LogP contribution in [0.25, 0.3) is 60.3 Å². The lowest BCUT2D eigenvalue weighted by molar-refractivity contribution is 1.37. The SMILES string of the molecule is Cc1cc2c3ccccc3n3c4ccc(-c5ccc(-c6ccccc6)cc5)cc4c(c1)c23. The largest absolute Gasteiger partial charge is 0.308 e. The first-order valence-corrected chi connectivity index (χ1v) is 11.1. The molecule has 0 atom stereocenters. The van der Waals surface area contributed by atoms with Gasteiger partial charge in [-0.3, -0.25) is 0 Å². The maximum atomic E-state index is 2.44. The van der Waals surface area contributed by atoms with Crippen molar-refractivity contribution < 1.29 is 0 Å². The molecule has 7 aromatic rings. The Balaban J connectivity index is 1.46. The van der Waals surface area contributed by atoms with Gasteiger partial charge in [0.05, 0.1) is 16.6 Å². The summed E-state index contributed by atoms with van der Waals surface area (Å²) in [5.41, 5.74) is 10.2. The molecular weight excluding hydrogens is 386 g/mol. The zero-order valence-electron chi connectivity index (χ0n) is 17.8. The van der Waals surface area contributed by atoms with Crippen LogP contribution in [0.5, 0.6) is 0 Å². The van der Waals surface area contributed by atoms with Crippen LogP contribution in [0.1, 0.15) is 5.56 Å². The number of aryl methyl sites for hydroxylation is 1. The molecule has 0 aliphatic carbocycles. The summed E-state index contributed by atoms with van der Waals surface area (Å²) in [7, 11) is 0. The zero-order chi connectivity index (χ0) is 21.2. The highest BCUT2D eigenvalue weighted by Crippen LogP contribution is 2.40. The minimum Gasteiger partial charge on any atom is -0.308 e. The molecule has 0 saturated carbocycles. The Morgan fingerprint density at radius 3 is 1.78 bits per heavy atom. The van der Waals surface area contributed by atoms with E-state index in [1.807, 2.05) is 0 Å². The van der Waals surface area contributed by atoms with Crippen molar-refractivity contribution >= 4 is 38.1 Å². The van der Waals surface area contributed by atoms with Crippen LogP contribution in [0, 0.1) is 6.92 Å². The van der Waals surface area contributed by atoms with Crippen LogP contribution in [-0.4, -0.2) is 4.40 Å². The molecule has 150 valence electrons. The number of fused-ring (bicyclic) bond motifs is 6. The molecule has 0 aliphatic heterocycles. The smallest absolute Gasteiger partial charge is 0.0620 e. The summed E-state index contributed by atoms with van der Waals surface area (Å²) in [5.74, 6) is 0. The van der Waals surface area contributed by atoms with Crippen LogP contribution >= 0.6 is 0 Å². The predicted octanol–water partition coefficient (Wildman–Crippen LogP) is 8.48. The predicted molar refractivity (Wildman–Crippen MR) is 137 cm³/mol. The van der Waals surface area contributed by atoms with Gasteiger partial charge in [0.2, 0.25) is 0 Å². The monoisotopic (exact) mass is 407 g/mol. The Kier molecular flexibility index (Phi) is 3.54. The average molecular weight is 408 g/mol. The first-order chi connectivity index (χ1) is 15.8. The number of hydrogen-bond acceptors (Lipinski definition) is 0. The van der Waals surface area contributed by atoms with Crippen molar-refractivity contribution in [2.45, 2.75) is 6.92 Å². The van der Waals surface area contributed by atoms with Gasteiger partial charge in [-0.25, -0.2) is 0 Å². The molecule has 2 aromatic heterocycles. The lowest BCUT2D eigenvalue weighted by Crippen LogP contribution is -1.82. The molecule has 0 saturated heterocycles. The van der Waals surface area contributed by atoms with E-state index in [-0.39, 0.29) is 0 Å². The fourth-order valence-electron chi connectivity index (χ4n) is 5.31. The topological polar surface area (TPSA) is 4.41 Å². The molecule has 0 spiro atoms. The summed E-state index contributed by atoms with van der Waals surface area (Å²) in [6, 6.07) is 39.8. The third-order valence-corrected chi connectivity index (χ3v) is 6.77. The Bertz CT molecular complexity index is 1750. The molecule has 0 unspecified atom stereocenters. The number of aromatic nitrogens is 1. The zero-order valence-corrected chi connectivity index (χ0v) is 17.8. The molecule has 32 heavy (non-hydrogen) atoms. The first-order valence-electron chi connectivity index (χ1n) is 11.1. The van der Waals surface area contributed by atoms with Gasteiger partial charge in [-0.15, -0.1) is 0 Å². The van der Waals surface area contributed by atoms with Crippen LogP contribution in [0.2, 0.25) is 0 Å². The van der Waals surface area contributed by atoms with Crippen LogP contribution in [0.4, 0.5) is 0 Å². The van der Waals surface area contributed by atoms with Crippen molar-refractivity contribution in [2.75, 3.05) is 0 Å². The quantitative estimate of drug-likeness (QED) is 0.271. The summed E-state index contributed by atoms with van der Waals surface area (Å²) in [6.07, 6.45) is 0. The van der Waals surface area contributed by atoms with Crippen molar-refractivity contribution in [2.24, 2.45) is 0 Å². The highest BCUT2D eigenvalue weighted by Gasteiger charge is 2.17. The summed E-state index contributed by atoms with van der Waals surface area (Å²) < 4.78 is 2.44. The minimum atomic E-state index is 1.25. The Hall–Kier alpha value is -4.10. The average Bonchev–Trinajstić information content (AvgIpc) is 3.35. The molecular formula is C31H21N. The van der Waals surface area contributed by atoms with E-state index in [0.717, 1.165) is 0 Å². The van der Waals surface area contributed by atoms with Gasteiger partial charge in [0.25, 0.3) is 0 Å². The number of benzene rings is 5. The Morgan fingerprint density at radius 2 is 1.00 bits per heavy atom. The number of para-hydroxylation sites is 1. The standard InChI is InChI=1S/C31H21N/c1-20-17-27-25-9-5-6-10-29(25)32-30-16-15-24(19-26(30)28(18-20)31(27)32)23-13-11-22(12-14-23)21-7-3-2-4-8-21/h2-19H,1H3. The molecule has 0 radical (unpaired) electrons. The van der Waals surface area contributed by atoms with Crippen molar-refractivity contribution in [3.8, 4) is 22.3 Å². The van der Waals surface area contributed by atoms with Gasteiger partial charge in [0, 0.05) is 21.5 Å². The third kappa shape index (κ3) is 2.39. The van der Waals surface area contributed by atoms with E-state index < -0.39 is 0 Å². The molecule has 0 aliphatic rings. The van der Waals surface area contributed by atoms with Crippen LogP contribution in [-0.2, 0) is 0 Å². The Labute approximate surface area is 186 Å². The second kappa shape index (κ2) is 6.45. The highest BCUT2D eigenvalue weighted by atomic mass is 14.9. The number of rotatable bonds is 2. The summed E-state index contributed by atoms with van der Waals surface area (Å²) in [6.45, 7) is 2.20. The first kappa shape index (κ1) is 17.6. The molecule has 1 nitrogen and oxygen atoms in total. The van der Waals surface area contributed by atoms with E-state index in [1.54, 1.807) is 0 Å². The Morgan fingerprint density at radius 1 is 0.438 bits per heavy atom. The lowest BCUT2D eigenvalue weighted by atomic mass is 9.98. The van der Waals surface area contributed by atoms with Gasteiger partial charge in [0.15, 0.2) is 0 Å². The van der Waals surface area contributed by atoms with E-state index in [9.17, 15) is 0 Å². The summed E-state index contributed by atoms with van der Waals surface area (Å²) in [4.78, 5) is 0. The van der Waals surface area contributed by atoms with Crippen LogP contribution in [0.15, 0.2) is 109 Å². The van der Waals surface area contributed by atoms with Gasteiger partial charge in [-0.1, -0.05) is 78.9 Å². The summed E-state index contributed by atoms with van der Waals surface area (Å²) >= 11 is 0. The maximum Gasteiger partial charge on any atom is 0.0620 e. The van der Waals surface area contributed by atoms with E-state index in [0.29, 0.717) is 0 Å². The van der Waals surface area contributed by atoms with Crippen LogP contribution < -0.4 is 0 Å². The van der Waals surface area contributed by atoms with Gasteiger partial charge in [0.1, 0.15) is 0 Å². The van der Waals surface area contributed by atoms with E-state index in [2.05, 4.69) is 121 Å². The third-order valence-electron chi connectivity index (χ3n) is 6.77. The molecule has 0 amide bonds. The lowest BCUT2D eigenvalue weighted by Gasteiger charge is -2.06. The van der Waals surface area contributed by atoms with Gasteiger partial charge >= 0.3 is 0 Å². The van der Waals surface area contributed by atoms with Crippen molar-refractivity contribution in [3.05, 3.63) is 115 Å². The molecule has 0 N–H and O–H groups in total. The van der Waals surface area contributed by atoms with Crippen molar-refractivity contribution in [3.63, 3.8) is 0 Å². The van der Waals surface area contributed by atoms with E-state index >= 15 is 0 Å². The van der Waals surface area contributed by atoms with Crippen molar-refractivity contribution in [1.29, 1.82) is 0 Å². The molecule has 0 bridgehead atoms. The molecule has 5 aromatic carbocycles. The normalized spacial score (nSPS) is 11.9. The molecule has 1 heteroatoms. The fraction of sp³-hybridized carbons (Fsp3) is 0.0323. The molecule has 7 rings (SSSR count). The number of hydrogen-bond donors (Lipinski definition) is 0. The summed E-state index contributed by atoms with van der Waals surface area (Å²) in [5, 5.41) is 5.34. The van der Waals surface area contributed by atoms with Gasteiger partial charge < -0.3 is 4.40 Å². The second-order valence-electron chi connectivity index (χ2n) is 8.74. The second-order valence-corrected chi connectivity index (χ2v) is 8.74. The van der Waals surface area contributed by atoms with Gasteiger partial charge in [-0.2, -0.15) is 0 Å². The molecule has 2 heterocycles. The number of nitrogens with zero attached hydrogens (tertiary/aromatic N) is 1. The van der Waals surface area contributed by atoms with Gasteiger partial charge in [-0.05, 0) is 65.1 Å². The highest BCUT2D eigenvalue weighted by molar-refractivity contribution is 6.23.